The second kappa shape index (κ2) is 10.1. The van der Waals surface area contributed by atoms with Crippen LogP contribution in [0.15, 0.2) is 83.7 Å². The van der Waals surface area contributed by atoms with Crippen molar-refractivity contribution < 1.29 is 14.3 Å². The molecule has 4 aromatic rings. The predicted octanol–water partition coefficient (Wildman–Crippen LogP) is 3.80. The molecule has 2 aromatic carbocycles. The van der Waals surface area contributed by atoms with E-state index in [1.165, 1.54) is 16.8 Å². The largest absolute Gasteiger partial charge is 0.453 e. The van der Waals surface area contributed by atoms with E-state index in [1.807, 2.05) is 80.6 Å². The Morgan fingerprint density at radius 2 is 1.47 bits per heavy atom. The molecule has 0 amide bonds. The third kappa shape index (κ3) is 5.20. The smallest absolute Gasteiger partial charge is 0.359 e. The number of carbonyl (C=O) groups is 2. The first-order valence-electron chi connectivity index (χ1n) is 11.0. The van der Waals surface area contributed by atoms with Gasteiger partial charge in [0.1, 0.15) is 0 Å². The molecule has 7 nitrogen and oxygen atoms in total. The van der Waals surface area contributed by atoms with Gasteiger partial charge in [-0.25, -0.2) is 9.48 Å². The van der Waals surface area contributed by atoms with Crippen molar-refractivity contribution in [2.24, 2.45) is 0 Å². The maximum absolute atomic E-state index is 12.8. The van der Waals surface area contributed by atoms with Crippen molar-refractivity contribution in [3.63, 3.8) is 0 Å². The quantitative estimate of drug-likeness (QED) is 0.298. The molecule has 0 spiro atoms. The summed E-state index contributed by atoms with van der Waals surface area (Å²) in [5, 5.41) is 4.12. The van der Waals surface area contributed by atoms with Crippen molar-refractivity contribution in [1.29, 1.82) is 0 Å². The van der Waals surface area contributed by atoms with E-state index in [4.69, 9.17) is 4.74 Å². The fourth-order valence-corrected chi connectivity index (χ4v) is 3.80. The fourth-order valence-electron chi connectivity index (χ4n) is 3.80. The van der Waals surface area contributed by atoms with Crippen molar-refractivity contribution in [2.75, 3.05) is 6.61 Å². The molecule has 0 saturated carbocycles. The van der Waals surface area contributed by atoms with Crippen molar-refractivity contribution >= 4 is 11.8 Å². The van der Waals surface area contributed by atoms with E-state index in [9.17, 15) is 14.4 Å². The van der Waals surface area contributed by atoms with Gasteiger partial charge < -0.3 is 9.30 Å². The zero-order chi connectivity index (χ0) is 24.1. The average molecular weight is 456 g/mol. The minimum atomic E-state index is -0.756. The topological polar surface area (TPSA) is 83.2 Å². The monoisotopic (exact) mass is 455 g/mol. The van der Waals surface area contributed by atoms with Crippen LogP contribution in [0.5, 0.6) is 0 Å². The van der Waals surface area contributed by atoms with Gasteiger partial charge in [0.15, 0.2) is 12.3 Å². The molecular formula is C27H25N3O4. The highest BCUT2D eigenvalue weighted by atomic mass is 16.5. The first-order chi connectivity index (χ1) is 16.4. The van der Waals surface area contributed by atoms with Gasteiger partial charge in [-0.05, 0) is 37.1 Å². The van der Waals surface area contributed by atoms with Crippen LogP contribution in [0.25, 0.3) is 0 Å². The Labute approximate surface area is 197 Å². The second-order valence-corrected chi connectivity index (χ2v) is 8.06. The van der Waals surface area contributed by atoms with Crippen molar-refractivity contribution in [3.05, 3.63) is 123 Å². The Morgan fingerprint density at radius 1 is 0.853 bits per heavy atom. The van der Waals surface area contributed by atoms with Crippen LogP contribution in [0, 0.1) is 13.8 Å². The molecule has 7 heteroatoms. The maximum atomic E-state index is 12.8. The minimum Gasteiger partial charge on any atom is -0.453 e. The van der Waals surface area contributed by atoms with Gasteiger partial charge in [-0.2, -0.15) is 5.10 Å². The number of rotatable bonds is 8. The van der Waals surface area contributed by atoms with Crippen LogP contribution in [0.2, 0.25) is 0 Å². The summed E-state index contributed by atoms with van der Waals surface area (Å²) < 4.78 is 8.50. The Balaban J connectivity index is 1.43. The standard InChI is InChI=1S/C27H25N3O4/c1-19-15-23(20(2)29(19)16-21-9-5-3-6-10-21)25(31)18-34-27(33)24-13-14-26(32)30(28-24)17-22-11-7-4-8-12-22/h3-15H,16-18H2,1-2H3. The third-order valence-electron chi connectivity index (χ3n) is 5.64. The minimum absolute atomic E-state index is 0.0297. The second-order valence-electron chi connectivity index (χ2n) is 8.06. The van der Waals surface area contributed by atoms with Gasteiger partial charge >= 0.3 is 5.97 Å². The Hall–Kier alpha value is -4.26. The SMILES string of the molecule is Cc1cc(C(=O)COC(=O)c2ccc(=O)n(Cc3ccccc3)n2)c(C)n1Cc1ccccc1. The maximum Gasteiger partial charge on any atom is 0.359 e. The molecule has 0 fully saturated rings. The van der Waals surface area contributed by atoms with E-state index in [0.29, 0.717) is 12.1 Å². The first-order valence-corrected chi connectivity index (χ1v) is 11.0. The van der Waals surface area contributed by atoms with Gasteiger partial charge in [0.25, 0.3) is 5.56 Å². The van der Waals surface area contributed by atoms with E-state index < -0.39 is 12.6 Å². The number of benzene rings is 2. The number of hydrogen-bond donors (Lipinski definition) is 0. The number of aryl methyl sites for hydroxylation is 1. The average Bonchev–Trinajstić information content (AvgIpc) is 3.13. The van der Waals surface area contributed by atoms with Crippen LogP contribution in [-0.2, 0) is 17.8 Å². The van der Waals surface area contributed by atoms with Crippen LogP contribution in [0.1, 0.15) is 43.4 Å². The van der Waals surface area contributed by atoms with E-state index in [2.05, 4.69) is 9.67 Å². The lowest BCUT2D eigenvalue weighted by Gasteiger charge is -2.10. The zero-order valence-corrected chi connectivity index (χ0v) is 19.1. The van der Waals surface area contributed by atoms with Gasteiger partial charge in [0.05, 0.1) is 6.54 Å². The van der Waals surface area contributed by atoms with E-state index in [-0.39, 0.29) is 23.6 Å². The summed E-state index contributed by atoms with van der Waals surface area (Å²) in [4.78, 5) is 37.5. The number of nitrogens with zero attached hydrogens (tertiary/aromatic N) is 3. The van der Waals surface area contributed by atoms with Crippen LogP contribution < -0.4 is 5.56 Å². The highest BCUT2D eigenvalue weighted by Gasteiger charge is 2.19. The molecule has 4 rings (SSSR count). The van der Waals surface area contributed by atoms with E-state index in [1.54, 1.807) is 0 Å². The normalized spacial score (nSPS) is 10.8. The molecule has 0 unspecified atom stereocenters. The van der Waals surface area contributed by atoms with Crippen LogP contribution in [0.3, 0.4) is 0 Å². The molecule has 0 aliphatic carbocycles. The highest BCUT2D eigenvalue weighted by molar-refractivity contribution is 6.00. The number of ketones is 1. The van der Waals surface area contributed by atoms with Gasteiger partial charge in [0, 0.05) is 29.6 Å². The number of carbonyl (C=O) groups excluding carboxylic acids is 2. The number of ether oxygens (including phenoxy) is 1. The van der Waals surface area contributed by atoms with Crippen LogP contribution >= 0.6 is 0 Å². The first kappa shape index (κ1) is 22.9. The summed E-state index contributed by atoms with van der Waals surface area (Å²) in [6.45, 7) is 4.30. The van der Waals surface area contributed by atoms with Gasteiger partial charge in [-0.3, -0.25) is 9.59 Å². The Kier molecular flexibility index (Phi) is 6.82. The van der Waals surface area contributed by atoms with Gasteiger partial charge in [-0.1, -0.05) is 60.7 Å². The van der Waals surface area contributed by atoms with Crippen molar-refractivity contribution in [1.82, 2.24) is 14.3 Å². The van der Waals surface area contributed by atoms with Gasteiger partial charge in [0.2, 0.25) is 5.78 Å². The molecule has 0 radical (unpaired) electrons. The molecule has 2 heterocycles. The van der Waals surface area contributed by atoms with Crippen molar-refractivity contribution in [2.45, 2.75) is 26.9 Å². The molecule has 0 saturated heterocycles. The molecular weight excluding hydrogens is 430 g/mol. The number of hydrogen-bond acceptors (Lipinski definition) is 5. The Bertz CT molecular complexity index is 1370. The van der Waals surface area contributed by atoms with E-state index in [0.717, 1.165) is 22.5 Å². The molecule has 34 heavy (non-hydrogen) atoms. The number of esters is 1. The summed E-state index contributed by atoms with van der Waals surface area (Å²) in [5.41, 5.74) is 3.93. The van der Waals surface area contributed by atoms with Gasteiger partial charge in [-0.15, -0.1) is 0 Å². The summed E-state index contributed by atoms with van der Waals surface area (Å²) in [6, 6.07) is 23.7. The molecule has 172 valence electrons. The number of aromatic nitrogens is 3. The molecule has 0 aliphatic heterocycles. The third-order valence-corrected chi connectivity index (χ3v) is 5.64. The predicted molar refractivity (Wildman–Crippen MR) is 128 cm³/mol. The Morgan fingerprint density at radius 3 is 2.12 bits per heavy atom. The molecule has 0 N–H and O–H groups in total. The van der Waals surface area contributed by atoms with Crippen LogP contribution in [0.4, 0.5) is 0 Å². The number of Topliss-reactive ketones (excluding diaryl/α,β-unsaturated/α-hetero) is 1. The summed E-state index contributed by atoms with van der Waals surface area (Å²) in [6.07, 6.45) is 0. The summed E-state index contributed by atoms with van der Waals surface area (Å²) in [5.74, 6) is -1.05. The molecule has 0 aliphatic rings. The summed E-state index contributed by atoms with van der Waals surface area (Å²) in [7, 11) is 0. The molecule has 2 aromatic heterocycles. The zero-order valence-electron chi connectivity index (χ0n) is 19.1. The fraction of sp³-hybridized carbons (Fsp3) is 0.185. The summed E-state index contributed by atoms with van der Waals surface area (Å²) >= 11 is 0. The van der Waals surface area contributed by atoms with Crippen LogP contribution in [-0.4, -0.2) is 32.7 Å². The lowest BCUT2D eigenvalue weighted by atomic mass is 10.1. The molecule has 0 bridgehead atoms. The van der Waals surface area contributed by atoms with Crippen molar-refractivity contribution in [3.8, 4) is 0 Å². The van der Waals surface area contributed by atoms with E-state index >= 15 is 0 Å². The highest BCUT2D eigenvalue weighted by Crippen LogP contribution is 2.18. The lowest BCUT2D eigenvalue weighted by molar-refractivity contribution is 0.0466. The lowest BCUT2D eigenvalue weighted by Crippen LogP contribution is -2.26. The molecule has 0 atom stereocenters.